The van der Waals surface area contributed by atoms with Gasteiger partial charge in [-0.05, 0) is 31.7 Å². The van der Waals surface area contributed by atoms with Crippen molar-refractivity contribution in [1.29, 1.82) is 0 Å². The van der Waals surface area contributed by atoms with Gasteiger partial charge in [0.15, 0.2) is 0 Å². The Morgan fingerprint density at radius 3 is 2.71 bits per heavy atom. The number of amides is 1. The number of carbonyl (C=O) groups is 1. The van der Waals surface area contributed by atoms with E-state index in [0.717, 1.165) is 12.8 Å². The van der Waals surface area contributed by atoms with E-state index in [9.17, 15) is 4.79 Å². The summed E-state index contributed by atoms with van der Waals surface area (Å²) in [6.45, 7) is 2.40. The van der Waals surface area contributed by atoms with E-state index in [4.69, 9.17) is 5.11 Å². The van der Waals surface area contributed by atoms with Crippen LogP contribution in [0.1, 0.15) is 31.7 Å². The summed E-state index contributed by atoms with van der Waals surface area (Å²) < 4.78 is 0. The molecule has 1 atom stereocenters. The molecule has 17 heavy (non-hydrogen) atoms. The Hall–Kier alpha value is -1.35. The Balaban J connectivity index is 2.06. The molecule has 1 aromatic carbocycles. The second kappa shape index (κ2) is 7.85. The van der Waals surface area contributed by atoms with Crippen molar-refractivity contribution in [2.24, 2.45) is 0 Å². The number of carbonyl (C=O) groups excluding carboxylic acids is 1. The molecule has 0 bridgehead atoms. The molecule has 0 aliphatic carbocycles. The van der Waals surface area contributed by atoms with Gasteiger partial charge in [-0.15, -0.1) is 0 Å². The molecule has 1 amide bonds. The highest BCUT2D eigenvalue weighted by atomic mass is 16.3. The number of hydrogen-bond acceptors (Lipinski definition) is 2. The quantitative estimate of drug-likeness (QED) is 0.709. The normalized spacial score (nSPS) is 12.1. The third kappa shape index (κ3) is 6.74. The SMILES string of the molecule is CC(O)CCC(=O)NCCCc1ccccc1. The molecule has 0 spiro atoms. The smallest absolute Gasteiger partial charge is 0.220 e. The summed E-state index contributed by atoms with van der Waals surface area (Å²) >= 11 is 0. The lowest BCUT2D eigenvalue weighted by Gasteiger charge is -2.06. The lowest BCUT2D eigenvalue weighted by Crippen LogP contribution is -2.25. The maximum atomic E-state index is 11.3. The van der Waals surface area contributed by atoms with Crippen molar-refractivity contribution >= 4 is 5.91 Å². The van der Waals surface area contributed by atoms with Crippen LogP contribution in [0.2, 0.25) is 0 Å². The molecule has 1 rings (SSSR count). The summed E-state index contributed by atoms with van der Waals surface area (Å²) in [4.78, 5) is 11.3. The number of benzene rings is 1. The number of aliphatic hydroxyl groups excluding tert-OH is 1. The van der Waals surface area contributed by atoms with Gasteiger partial charge in [-0.3, -0.25) is 4.79 Å². The summed E-state index contributed by atoms with van der Waals surface area (Å²) in [7, 11) is 0. The Labute approximate surface area is 103 Å². The monoisotopic (exact) mass is 235 g/mol. The van der Waals surface area contributed by atoms with Gasteiger partial charge in [0.05, 0.1) is 6.10 Å². The Bertz CT molecular complexity index is 322. The van der Waals surface area contributed by atoms with E-state index in [2.05, 4.69) is 17.4 Å². The second-order valence-corrected chi connectivity index (χ2v) is 4.33. The minimum Gasteiger partial charge on any atom is -0.393 e. The molecule has 0 aliphatic rings. The highest BCUT2D eigenvalue weighted by molar-refractivity contribution is 5.75. The van der Waals surface area contributed by atoms with Gasteiger partial charge in [0, 0.05) is 13.0 Å². The Morgan fingerprint density at radius 2 is 2.06 bits per heavy atom. The third-order valence-corrected chi connectivity index (χ3v) is 2.60. The first-order chi connectivity index (χ1) is 8.18. The number of rotatable bonds is 7. The van der Waals surface area contributed by atoms with Crippen LogP contribution in [0, 0.1) is 0 Å². The first kappa shape index (κ1) is 13.7. The highest BCUT2D eigenvalue weighted by Crippen LogP contribution is 2.01. The van der Waals surface area contributed by atoms with E-state index < -0.39 is 6.10 Å². The van der Waals surface area contributed by atoms with Gasteiger partial charge < -0.3 is 10.4 Å². The number of nitrogens with one attached hydrogen (secondary N) is 1. The third-order valence-electron chi connectivity index (χ3n) is 2.60. The molecular formula is C14H21NO2. The first-order valence-corrected chi connectivity index (χ1v) is 6.17. The van der Waals surface area contributed by atoms with Crippen LogP contribution < -0.4 is 5.32 Å². The van der Waals surface area contributed by atoms with Crippen molar-refractivity contribution in [2.75, 3.05) is 6.54 Å². The van der Waals surface area contributed by atoms with E-state index in [0.29, 0.717) is 19.4 Å². The van der Waals surface area contributed by atoms with E-state index >= 15 is 0 Å². The summed E-state index contributed by atoms with van der Waals surface area (Å²) in [6.07, 6.45) is 2.47. The molecule has 0 aliphatic heterocycles. The molecule has 94 valence electrons. The van der Waals surface area contributed by atoms with Gasteiger partial charge in [0.1, 0.15) is 0 Å². The predicted molar refractivity (Wildman–Crippen MR) is 68.7 cm³/mol. The topological polar surface area (TPSA) is 49.3 Å². The van der Waals surface area contributed by atoms with Crippen molar-refractivity contribution in [2.45, 2.75) is 38.7 Å². The van der Waals surface area contributed by atoms with E-state index in [1.165, 1.54) is 5.56 Å². The van der Waals surface area contributed by atoms with Crippen LogP contribution in [-0.2, 0) is 11.2 Å². The van der Waals surface area contributed by atoms with Crippen molar-refractivity contribution in [3.63, 3.8) is 0 Å². The van der Waals surface area contributed by atoms with Crippen LogP contribution in [-0.4, -0.2) is 23.7 Å². The summed E-state index contributed by atoms with van der Waals surface area (Å²) in [5, 5.41) is 11.9. The minimum absolute atomic E-state index is 0.0268. The van der Waals surface area contributed by atoms with Crippen LogP contribution in [0.25, 0.3) is 0 Å². The average Bonchev–Trinajstić information content (AvgIpc) is 2.33. The van der Waals surface area contributed by atoms with Crippen molar-refractivity contribution in [3.05, 3.63) is 35.9 Å². The van der Waals surface area contributed by atoms with E-state index in [-0.39, 0.29) is 5.91 Å². The molecule has 0 fully saturated rings. The number of aliphatic hydroxyl groups is 1. The van der Waals surface area contributed by atoms with Crippen LogP contribution in [0.5, 0.6) is 0 Å². The van der Waals surface area contributed by atoms with Crippen LogP contribution in [0.15, 0.2) is 30.3 Å². The maximum absolute atomic E-state index is 11.3. The zero-order chi connectivity index (χ0) is 12.5. The lowest BCUT2D eigenvalue weighted by molar-refractivity contribution is -0.121. The van der Waals surface area contributed by atoms with Crippen molar-refractivity contribution in [1.82, 2.24) is 5.32 Å². The lowest BCUT2D eigenvalue weighted by atomic mass is 10.1. The van der Waals surface area contributed by atoms with Crippen molar-refractivity contribution < 1.29 is 9.90 Å². The van der Waals surface area contributed by atoms with E-state index in [1.807, 2.05) is 18.2 Å². The van der Waals surface area contributed by atoms with Gasteiger partial charge in [0.2, 0.25) is 5.91 Å². The molecule has 0 saturated carbocycles. The Kier molecular flexibility index (Phi) is 6.33. The van der Waals surface area contributed by atoms with Crippen molar-refractivity contribution in [3.8, 4) is 0 Å². The largest absolute Gasteiger partial charge is 0.393 e. The fourth-order valence-electron chi connectivity index (χ4n) is 1.59. The molecule has 0 saturated heterocycles. The Morgan fingerprint density at radius 1 is 1.35 bits per heavy atom. The second-order valence-electron chi connectivity index (χ2n) is 4.33. The van der Waals surface area contributed by atoms with Gasteiger partial charge in [0.25, 0.3) is 0 Å². The van der Waals surface area contributed by atoms with Crippen LogP contribution in [0.3, 0.4) is 0 Å². The standard InChI is InChI=1S/C14H21NO2/c1-12(16)9-10-14(17)15-11-5-8-13-6-3-2-4-7-13/h2-4,6-7,12,16H,5,8-11H2,1H3,(H,15,17). The average molecular weight is 235 g/mol. The van der Waals surface area contributed by atoms with Crippen LogP contribution >= 0.6 is 0 Å². The predicted octanol–water partition coefficient (Wildman–Crippen LogP) is 1.90. The fraction of sp³-hybridized carbons (Fsp3) is 0.500. The molecule has 0 radical (unpaired) electrons. The molecule has 0 aromatic heterocycles. The summed E-state index contributed by atoms with van der Waals surface area (Å²) in [5.41, 5.74) is 1.30. The molecule has 2 N–H and O–H groups in total. The van der Waals surface area contributed by atoms with Gasteiger partial charge in [-0.1, -0.05) is 30.3 Å². The number of aryl methyl sites for hydroxylation is 1. The molecular weight excluding hydrogens is 214 g/mol. The van der Waals surface area contributed by atoms with Gasteiger partial charge in [-0.25, -0.2) is 0 Å². The van der Waals surface area contributed by atoms with Crippen LogP contribution in [0.4, 0.5) is 0 Å². The summed E-state index contributed by atoms with van der Waals surface area (Å²) in [5.74, 6) is 0.0268. The maximum Gasteiger partial charge on any atom is 0.220 e. The number of hydrogen-bond donors (Lipinski definition) is 2. The van der Waals surface area contributed by atoms with E-state index in [1.54, 1.807) is 6.92 Å². The molecule has 0 heterocycles. The minimum atomic E-state index is -0.398. The van der Waals surface area contributed by atoms with Gasteiger partial charge >= 0.3 is 0 Å². The van der Waals surface area contributed by atoms with Gasteiger partial charge in [-0.2, -0.15) is 0 Å². The highest BCUT2D eigenvalue weighted by Gasteiger charge is 2.03. The first-order valence-electron chi connectivity index (χ1n) is 6.17. The molecule has 1 aromatic rings. The summed E-state index contributed by atoms with van der Waals surface area (Å²) in [6, 6.07) is 10.2. The fourth-order valence-corrected chi connectivity index (χ4v) is 1.59. The zero-order valence-corrected chi connectivity index (χ0v) is 10.4. The zero-order valence-electron chi connectivity index (χ0n) is 10.4. The molecule has 1 unspecified atom stereocenters. The molecule has 3 nitrogen and oxygen atoms in total. The molecule has 3 heteroatoms.